The van der Waals surface area contributed by atoms with Crippen LogP contribution in [0.15, 0.2) is 48.5 Å². The van der Waals surface area contributed by atoms with Gasteiger partial charge in [0.1, 0.15) is 0 Å². The fourth-order valence-electron chi connectivity index (χ4n) is 1.87. The Morgan fingerprint density at radius 1 is 0.682 bits per heavy atom. The maximum absolute atomic E-state index is 11.7. The average molecular weight is 298 g/mol. The van der Waals surface area contributed by atoms with Crippen molar-refractivity contribution in [3.05, 3.63) is 59.7 Å². The van der Waals surface area contributed by atoms with E-state index in [1.54, 1.807) is 48.5 Å². The molecule has 22 heavy (non-hydrogen) atoms. The Kier molecular flexibility index (Phi) is 4.98. The molecular weight excluding hydrogens is 280 g/mol. The third-order valence-electron chi connectivity index (χ3n) is 3.03. The normalized spacial score (nSPS) is 10.0. The van der Waals surface area contributed by atoms with Gasteiger partial charge in [0.2, 0.25) is 11.8 Å². The minimum absolute atomic E-state index is 0.169. The monoisotopic (exact) mass is 298 g/mol. The van der Waals surface area contributed by atoms with Crippen LogP contribution < -0.4 is 22.3 Å². The van der Waals surface area contributed by atoms with Crippen LogP contribution in [0.1, 0.15) is 11.1 Å². The molecule has 6 nitrogen and oxygen atoms in total. The van der Waals surface area contributed by atoms with Crippen LogP contribution in [0.3, 0.4) is 0 Å². The van der Waals surface area contributed by atoms with Crippen molar-refractivity contribution >= 4 is 23.2 Å². The van der Waals surface area contributed by atoms with Gasteiger partial charge in [-0.25, -0.2) is 0 Å². The lowest BCUT2D eigenvalue weighted by atomic mass is 10.1. The second-order valence-electron chi connectivity index (χ2n) is 4.93. The molecule has 2 aromatic rings. The Morgan fingerprint density at radius 2 is 1.00 bits per heavy atom. The summed E-state index contributed by atoms with van der Waals surface area (Å²) in [6.07, 6.45) is 0.338. The first kappa shape index (κ1) is 15.4. The molecule has 2 amide bonds. The van der Waals surface area contributed by atoms with Gasteiger partial charge in [-0.2, -0.15) is 0 Å². The fraction of sp³-hybridized carbons (Fsp3) is 0.125. The molecule has 0 saturated heterocycles. The van der Waals surface area contributed by atoms with Gasteiger partial charge in [-0.15, -0.1) is 0 Å². The standard InChI is InChI=1S/C16H18N4O2/c17-13-5-1-11(2-6-13)9-15(21)19-20-16(22)10-12-3-7-14(18)8-4-12/h1-8H,9-10,17-18H2,(H,19,21)(H,20,22). The number of nitrogen functional groups attached to an aromatic ring is 2. The number of nitrogens with two attached hydrogens (primary N) is 2. The van der Waals surface area contributed by atoms with Crippen LogP contribution in [-0.4, -0.2) is 11.8 Å². The average Bonchev–Trinajstić information content (AvgIpc) is 2.50. The topological polar surface area (TPSA) is 110 Å². The highest BCUT2D eigenvalue weighted by Gasteiger charge is 2.06. The molecule has 0 heterocycles. The van der Waals surface area contributed by atoms with Gasteiger partial charge in [-0.1, -0.05) is 24.3 Å². The van der Waals surface area contributed by atoms with Gasteiger partial charge < -0.3 is 11.5 Å². The van der Waals surface area contributed by atoms with E-state index in [1.807, 2.05) is 0 Å². The molecule has 0 aromatic heterocycles. The minimum Gasteiger partial charge on any atom is -0.399 e. The second-order valence-corrected chi connectivity index (χ2v) is 4.93. The van der Waals surface area contributed by atoms with Crippen LogP contribution in [0.25, 0.3) is 0 Å². The molecule has 0 spiro atoms. The highest BCUT2D eigenvalue weighted by molar-refractivity contribution is 5.84. The van der Waals surface area contributed by atoms with Gasteiger partial charge in [-0.3, -0.25) is 20.4 Å². The van der Waals surface area contributed by atoms with Crippen molar-refractivity contribution in [1.29, 1.82) is 0 Å². The van der Waals surface area contributed by atoms with Gasteiger partial charge >= 0.3 is 0 Å². The van der Waals surface area contributed by atoms with Gasteiger partial charge in [0.15, 0.2) is 0 Å². The molecule has 0 unspecified atom stereocenters. The van der Waals surface area contributed by atoms with E-state index < -0.39 is 0 Å². The van der Waals surface area contributed by atoms with Crippen molar-refractivity contribution in [3.8, 4) is 0 Å². The number of hydrogen-bond donors (Lipinski definition) is 4. The highest BCUT2D eigenvalue weighted by Crippen LogP contribution is 2.06. The van der Waals surface area contributed by atoms with E-state index in [2.05, 4.69) is 10.9 Å². The minimum atomic E-state index is -0.296. The number of anilines is 2. The summed E-state index contributed by atoms with van der Waals surface area (Å²) in [6, 6.07) is 14.0. The Bertz CT molecular complexity index is 591. The number of nitrogens with one attached hydrogen (secondary N) is 2. The molecule has 0 fully saturated rings. The molecular formula is C16H18N4O2. The molecule has 0 atom stereocenters. The summed E-state index contributed by atoms with van der Waals surface area (Å²) < 4.78 is 0. The lowest BCUT2D eigenvalue weighted by molar-refractivity contribution is -0.128. The molecule has 0 saturated carbocycles. The fourth-order valence-corrected chi connectivity index (χ4v) is 1.87. The van der Waals surface area contributed by atoms with Crippen molar-refractivity contribution in [3.63, 3.8) is 0 Å². The van der Waals surface area contributed by atoms with E-state index in [4.69, 9.17) is 11.5 Å². The van der Waals surface area contributed by atoms with E-state index in [9.17, 15) is 9.59 Å². The van der Waals surface area contributed by atoms with Crippen molar-refractivity contribution in [2.45, 2.75) is 12.8 Å². The van der Waals surface area contributed by atoms with E-state index >= 15 is 0 Å². The first-order chi connectivity index (χ1) is 10.5. The largest absolute Gasteiger partial charge is 0.399 e. The summed E-state index contributed by atoms with van der Waals surface area (Å²) in [6.45, 7) is 0. The summed E-state index contributed by atoms with van der Waals surface area (Å²) in [5.41, 5.74) is 18.8. The molecule has 0 bridgehead atoms. The van der Waals surface area contributed by atoms with Gasteiger partial charge in [-0.05, 0) is 35.4 Å². The van der Waals surface area contributed by atoms with Crippen molar-refractivity contribution in [2.24, 2.45) is 0 Å². The Hall–Kier alpha value is -3.02. The molecule has 6 N–H and O–H groups in total. The van der Waals surface area contributed by atoms with Crippen LogP contribution in [-0.2, 0) is 22.4 Å². The summed E-state index contributed by atoms with van der Waals surface area (Å²) >= 11 is 0. The molecule has 0 aliphatic heterocycles. The number of carbonyl (C=O) groups is 2. The number of hydrogen-bond acceptors (Lipinski definition) is 4. The predicted molar refractivity (Wildman–Crippen MR) is 85.4 cm³/mol. The van der Waals surface area contributed by atoms with Crippen LogP contribution in [0.4, 0.5) is 11.4 Å². The molecule has 0 radical (unpaired) electrons. The number of benzene rings is 2. The number of carbonyl (C=O) groups excluding carboxylic acids is 2. The first-order valence-electron chi connectivity index (χ1n) is 6.79. The van der Waals surface area contributed by atoms with Crippen LogP contribution in [0.2, 0.25) is 0 Å². The first-order valence-corrected chi connectivity index (χ1v) is 6.79. The zero-order chi connectivity index (χ0) is 15.9. The second kappa shape index (κ2) is 7.12. The molecule has 6 heteroatoms. The maximum Gasteiger partial charge on any atom is 0.242 e. The summed E-state index contributed by atoms with van der Waals surface area (Å²) in [5, 5.41) is 0. The number of rotatable bonds is 4. The van der Waals surface area contributed by atoms with Crippen molar-refractivity contribution < 1.29 is 9.59 Å². The third kappa shape index (κ3) is 4.82. The quantitative estimate of drug-likeness (QED) is 0.494. The lowest BCUT2D eigenvalue weighted by Gasteiger charge is -2.08. The Morgan fingerprint density at radius 3 is 1.32 bits per heavy atom. The lowest BCUT2D eigenvalue weighted by Crippen LogP contribution is -2.43. The molecule has 114 valence electrons. The highest BCUT2D eigenvalue weighted by atomic mass is 16.2. The van der Waals surface area contributed by atoms with Gasteiger partial charge in [0.05, 0.1) is 12.8 Å². The molecule has 0 aliphatic rings. The van der Waals surface area contributed by atoms with Gasteiger partial charge in [0, 0.05) is 11.4 Å². The number of amides is 2. The summed E-state index contributed by atoms with van der Waals surface area (Å²) in [4.78, 5) is 23.5. The summed E-state index contributed by atoms with van der Waals surface area (Å²) in [5.74, 6) is -0.592. The Labute approximate surface area is 128 Å². The molecule has 0 aliphatic carbocycles. The van der Waals surface area contributed by atoms with Crippen LogP contribution in [0, 0.1) is 0 Å². The third-order valence-corrected chi connectivity index (χ3v) is 3.03. The predicted octanol–water partition coefficient (Wildman–Crippen LogP) is 0.784. The summed E-state index contributed by atoms with van der Waals surface area (Å²) in [7, 11) is 0. The smallest absolute Gasteiger partial charge is 0.242 e. The van der Waals surface area contributed by atoms with Gasteiger partial charge in [0.25, 0.3) is 0 Å². The number of hydrazine groups is 1. The van der Waals surface area contributed by atoms with E-state index in [0.29, 0.717) is 11.4 Å². The maximum atomic E-state index is 11.7. The van der Waals surface area contributed by atoms with E-state index in [0.717, 1.165) is 11.1 Å². The zero-order valence-electron chi connectivity index (χ0n) is 12.0. The van der Waals surface area contributed by atoms with Crippen molar-refractivity contribution in [2.75, 3.05) is 11.5 Å². The van der Waals surface area contributed by atoms with E-state index in [-0.39, 0.29) is 24.7 Å². The molecule has 2 aromatic carbocycles. The SMILES string of the molecule is Nc1ccc(CC(=O)NNC(=O)Cc2ccc(N)cc2)cc1. The van der Waals surface area contributed by atoms with E-state index in [1.165, 1.54) is 0 Å². The Balaban J connectivity index is 1.76. The molecule has 2 rings (SSSR count). The van der Waals surface area contributed by atoms with Crippen LogP contribution in [0.5, 0.6) is 0 Å². The van der Waals surface area contributed by atoms with Crippen molar-refractivity contribution in [1.82, 2.24) is 10.9 Å². The van der Waals surface area contributed by atoms with Crippen LogP contribution >= 0.6 is 0 Å². The zero-order valence-corrected chi connectivity index (χ0v) is 12.0.